The Morgan fingerprint density at radius 3 is 3.00 bits per heavy atom. The molecule has 0 aliphatic carbocycles. The number of aromatic nitrogens is 2. The summed E-state index contributed by atoms with van der Waals surface area (Å²) in [6.07, 6.45) is 5.23. The Bertz CT molecular complexity index is 336. The van der Waals surface area contributed by atoms with Crippen LogP contribution < -0.4 is 11.1 Å². The molecule has 0 bridgehead atoms. The lowest BCUT2D eigenvalue weighted by atomic mass is 10.2. The molecule has 1 amide bonds. The van der Waals surface area contributed by atoms with E-state index in [1.165, 1.54) is 0 Å². The van der Waals surface area contributed by atoms with Crippen molar-refractivity contribution in [1.82, 2.24) is 14.9 Å². The van der Waals surface area contributed by atoms with Crippen molar-refractivity contribution in [2.24, 2.45) is 11.7 Å². The monoisotopic (exact) mass is 226 g/mol. The molecule has 1 unspecified atom stereocenters. The fraction of sp³-hybridized carbons (Fsp3) is 0.444. The van der Waals surface area contributed by atoms with Gasteiger partial charge in [0.05, 0.1) is 17.2 Å². The summed E-state index contributed by atoms with van der Waals surface area (Å²) in [5, 5.41) is 2.75. The van der Waals surface area contributed by atoms with E-state index in [1.807, 2.05) is 10.8 Å². The smallest absolute Gasteiger partial charge is 0.229 e. The maximum absolute atomic E-state index is 11.4. The molecular formula is C9H14N4OS. The molecular weight excluding hydrogens is 212 g/mol. The number of imidazole rings is 1. The summed E-state index contributed by atoms with van der Waals surface area (Å²) >= 11 is 4.73. The van der Waals surface area contributed by atoms with Crippen LogP contribution >= 0.6 is 12.2 Å². The molecule has 0 spiro atoms. The van der Waals surface area contributed by atoms with Crippen LogP contribution in [0.5, 0.6) is 0 Å². The van der Waals surface area contributed by atoms with E-state index in [2.05, 4.69) is 10.3 Å². The van der Waals surface area contributed by atoms with Crippen molar-refractivity contribution >= 4 is 23.1 Å². The van der Waals surface area contributed by atoms with Crippen LogP contribution in [0.3, 0.4) is 0 Å². The largest absolute Gasteiger partial charge is 0.393 e. The predicted octanol–water partition coefficient (Wildman–Crippen LogP) is -0.0785. The SMILES string of the molecule is CC(C(=O)NCCn1ccnc1)C(N)=S. The fourth-order valence-corrected chi connectivity index (χ4v) is 1.12. The number of thiocarbonyl (C=S) groups is 1. The van der Waals surface area contributed by atoms with E-state index in [4.69, 9.17) is 18.0 Å². The van der Waals surface area contributed by atoms with Gasteiger partial charge in [-0.2, -0.15) is 0 Å². The number of nitrogens with zero attached hydrogens (tertiary/aromatic N) is 2. The minimum absolute atomic E-state index is 0.136. The first-order valence-electron chi connectivity index (χ1n) is 4.64. The van der Waals surface area contributed by atoms with E-state index in [9.17, 15) is 4.79 Å². The van der Waals surface area contributed by atoms with Gasteiger partial charge in [0.15, 0.2) is 0 Å². The van der Waals surface area contributed by atoms with Crippen molar-refractivity contribution in [3.05, 3.63) is 18.7 Å². The van der Waals surface area contributed by atoms with Gasteiger partial charge in [-0.3, -0.25) is 4.79 Å². The number of hydrogen-bond acceptors (Lipinski definition) is 3. The molecule has 5 nitrogen and oxygen atoms in total. The number of nitrogens with one attached hydrogen (secondary N) is 1. The number of hydrogen-bond donors (Lipinski definition) is 2. The van der Waals surface area contributed by atoms with Crippen molar-refractivity contribution in [2.45, 2.75) is 13.5 Å². The van der Waals surface area contributed by atoms with Gasteiger partial charge in [-0.1, -0.05) is 12.2 Å². The average Bonchev–Trinajstić information content (AvgIpc) is 2.69. The molecule has 1 heterocycles. The first-order chi connectivity index (χ1) is 7.11. The van der Waals surface area contributed by atoms with Crippen LogP contribution in [-0.4, -0.2) is 27.0 Å². The number of rotatable bonds is 5. The maximum Gasteiger partial charge on any atom is 0.229 e. The summed E-state index contributed by atoms with van der Waals surface area (Å²) in [5.41, 5.74) is 5.36. The zero-order valence-corrected chi connectivity index (χ0v) is 9.33. The molecule has 1 aromatic rings. The molecule has 1 aromatic heterocycles. The zero-order valence-electron chi connectivity index (χ0n) is 8.51. The van der Waals surface area contributed by atoms with Gasteiger partial charge in [0.25, 0.3) is 0 Å². The summed E-state index contributed by atoms with van der Waals surface area (Å²) < 4.78 is 1.88. The molecule has 0 aliphatic rings. The second-order valence-corrected chi connectivity index (χ2v) is 3.69. The van der Waals surface area contributed by atoms with E-state index in [-0.39, 0.29) is 10.9 Å². The zero-order chi connectivity index (χ0) is 11.3. The summed E-state index contributed by atoms with van der Waals surface area (Å²) in [6.45, 7) is 2.92. The molecule has 0 aliphatic heterocycles. The third-order valence-electron chi connectivity index (χ3n) is 2.05. The highest BCUT2D eigenvalue weighted by atomic mass is 32.1. The highest BCUT2D eigenvalue weighted by Gasteiger charge is 2.14. The van der Waals surface area contributed by atoms with Gasteiger partial charge in [0.2, 0.25) is 5.91 Å². The lowest BCUT2D eigenvalue weighted by molar-refractivity contribution is -0.122. The number of carbonyl (C=O) groups excluding carboxylic acids is 1. The van der Waals surface area contributed by atoms with Crippen molar-refractivity contribution in [2.75, 3.05) is 6.54 Å². The van der Waals surface area contributed by atoms with Crippen LogP contribution in [0.2, 0.25) is 0 Å². The van der Waals surface area contributed by atoms with Crippen LogP contribution in [0.1, 0.15) is 6.92 Å². The lowest BCUT2D eigenvalue weighted by Crippen LogP contribution is -2.37. The van der Waals surface area contributed by atoms with E-state index < -0.39 is 5.92 Å². The van der Waals surface area contributed by atoms with E-state index in [1.54, 1.807) is 19.4 Å². The van der Waals surface area contributed by atoms with Gasteiger partial charge in [-0.25, -0.2) is 4.98 Å². The van der Waals surface area contributed by atoms with Crippen molar-refractivity contribution < 1.29 is 4.79 Å². The maximum atomic E-state index is 11.4. The van der Waals surface area contributed by atoms with Gasteiger partial charge < -0.3 is 15.6 Å². The lowest BCUT2D eigenvalue weighted by Gasteiger charge is -2.10. The van der Waals surface area contributed by atoms with Gasteiger partial charge >= 0.3 is 0 Å². The first-order valence-corrected chi connectivity index (χ1v) is 5.05. The van der Waals surface area contributed by atoms with Crippen molar-refractivity contribution in [3.8, 4) is 0 Å². The summed E-state index contributed by atoms with van der Waals surface area (Å²) in [7, 11) is 0. The van der Waals surface area contributed by atoms with Gasteiger partial charge in [0.1, 0.15) is 0 Å². The molecule has 3 N–H and O–H groups in total. The highest BCUT2D eigenvalue weighted by Crippen LogP contribution is 1.94. The summed E-state index contributed by atoms with van der Waals surface area (Å²) in [6, 6.07) is 0. The number of carbonyl (C=O) groups is 1. The van der Waals surface area contributed by atoms with Crippen LogP contribution in [0, 0.1) is 5.92 Å². The normalized spacial score (nSPS) is 12.1. The second-order valence-electron chi connectivity index (χ2n) is 3.22. The van der Waals surface area contributed by atoms with Crippen LogP contribution in [-0.2, 0) is 11.3 Å². The summed E-state index contributed by atoms with van der Waals surface area (Å²) in [5.74, 6) is -0.551. The second kappa shape index (κ2) is 5.45. The summed E-state index contributed by atoms with van der Waals surface area (Å²) in [4.78, 5) is 15.5. The molecule has 6 heteroatoms. The molecule has 0 radical (unpaired) electrons. The third kappa shape index (κ3) is 3.67. The minimum atomic E-state index is -0.414. The Labute approximate surface area is 93.7 Å². The molecule has 0 saturated carbocycles. The molecule has 0 aromatic carbocycles. The average molecular weight is 226 g/mol. The quantitative estimate of drug-likeness (QED) is 0.689. The van der Waals surface area contributed by atoms with Crippen molar-refractivity contribution in [3.63, 3.8) is 0 Å². The van der Waals surface area contributed by atoms with Gasteiger partial charge in [-0.15, -0.1) is 0 Å². The van der Waals surface area contributed by atoms with Crippen molar-refractivity contribution in [1.29, 1.82) is 0 Å². The Morgan fingerprint density at radius 1 is 1.73 bits per heavy atom. The highest BCUT2D eigenvalue weighted by molar-refractivity contribution is 7.80. The van der Waals surface area contributed by atoms with E-state index >= 15 is 0 Å². The van der Waals surface area contributed by atoms with Crippen LogP contribution in [0.15, 0.2) is 18.7 Å². The van der Waals surface area contributed by atoms with Gasteiger partial charge in [-0.05, 0) is 6.92 Å². The van der Waals surface area contributed by atoms with Gasteiger partial charge in [0, 0.05) is 25.5 Å². The number of nitrogens with two attached hydrogens (primary N) is 1. The van der Waals surface area contributed by atoms with E-state index in [0.29, 0.717) is 13.1 Å². The standard InChI is InChI=1S/C9H14N4OS/c1-7(8(10)15)9(14)12-3-5-13-4-2-11-6-13/h2,4,6-7H,3,5H2,1H3,(H2,10,15)(H,12,14). The third-order valence-corrected chi connectivity index (χ3v) is 2.40. The fourth-order valence-electron chi connectivity index (χ4n) is 1.01. The minimum Gasteiger partial charge on any atom is -0.393 e. The van der Waals surface area contributed by atoms with Crippen LogP contribution in [0.25, 0.3) is 0 Å². The topological polar surface area (TPSA) is 72.9 Å². The predicted molar refractivity (Wildman–Crippen MR) is 61.2 cm³/mol. The Balaban J connectivity index is 2.26. The van der Waals surface area contributed by atoms with E-state index in [0.717, 1.165) is 0 Å². The number of amides is 1. The Kier molecular flexibility index (Phi) is 4.23. The molecule has 15 heavy (non-hydrogen) atoms. The Hall–Kier alpha value is -1.43. The molecule has 82 valence electrons. The molecule has 0 fully saturated rings. The van der Waals surface area contributed by atoms with Crippen LogP contribution in [0.4, 0.5) is 0 Å². The molecule has 1 atom stereocenters. The Morgan fingerprint density at radius 2 is 2.47 bits per heavy atom. The molecule has 0 saturated heterocycles. The first kappa shape index (κ1) is 11.6. The molecule has 1 rings (SSSR count).